The molecule has 324 valence electrons. The molecule has 0 aliphatic carbocycles. The molecule has 1 aliphatic rings. The Morgan fingerprint density at radius 1 is 0.554 bits per heavy atom. The lowest BCUT2D eigenvalue weighted by atomic mass is 9.97. The monoisotopic (exact) mass is 894 g/mol. The summed E-state index contributed by atoms with van der Waals surface area (Å²) in [7, 11) is 0. The average molecular weight is 895 g/mol. The Kier molecular flexibility index (Phi) is 11.7. The van der Waals surface area contributed by atoms with Gasteiger partial charge in [-0.15, -0.1) is 22.7 Å². The number of aliphatic hydroxyl groups is 1. The number of anilines is 4. The molecule has 1 saturated heterocycles. The number of piperidine rings is 1. The first-order valence-electron chi connectivity index (χ1n) is 21.4. The van der Waals surface area contributed by atoms with Crippen LogP contribution in [0.15, 0.2) is 147 Å². The normalized spacial score (nSPS) is 13.0. The Bertz CT molecular complexity index is 3230. The van der Waals surface area contributed by atoms with Gasteiger partial charge in [-0.1, -0.05) is 97.1 Å². The third-order valence-corrected chi connectivity index (χ3v) is 14.0. The molecule has 0 unspecified atom stereocenters. The van der Waals surface area contributed by atoms with E-state index in [1.165, 1.54) is 23.9 Å². The number of thiophene rings is 2. The van der Waals surface area contributed by atoms with Gasteiger partial charge in [0.1, 0.15) is 34.0 Å². The number of benzene rings is 4. The van der Waals surface area contributed by atoms with Crippen molar-refractivity contribution in [3.63, 3.8) is 0 Å². The smallest absolute Gasteiger partial charge is 0.135 e. The highest BCUT2D eigenvalue weighted by Gasteiger charge is 2.24. The topological polar surface area (TPSA) is 189 Å². The number of fused-ring (bicyclic) bond motifs is 2. The summed E-state index contributed by atoms with van der Waals surface area (Å²) in [4.78, 5) is 33.0. The standard InChI is InChI=1S/C28H28N6OS.C22H18N6S/c29-27-22-14-24(36-28(22)31-17-30-27)26-25(20-6-2-1-3-7-20)32-18-34(26)15-21-8-4-5-9-23(21)33-12-10-19(16-35)11-13-33;23-17-9-5-4-8-15(17)11-28-13-27-19(14-6-2-1-3-7-14)20(28)18-10-16-21(24)25-12-26-22(16)29-18/h1-9,14,17-19,35H,10-13,15-16H2,(H2,29,30,31);1-10,12-13H,11,23H2,(H2,24,25,26). The first-order valence-corrected chi connectivity index (χ1v) is 23.0. The Hall–Kier alpha value is -7.46. The molecule has 1 aliphatic heterocycles. The Balaban J connectivity index is 0.000000157. The molecule has 0 amide bonds. The van der Waals surface area contributed by atoms with Crippen molar-refractivity contribution in [2.24, 2.45) is 5.92 Å². The second kappa shape index (κ2) is 18.3. The predicted molar refractivity (Wildman–Crippen MR) is 264 cm³/mol. The summed E-state index contributed by atoms with van der Waals surface area (Å²) >= 11 is 3.20. The van der Waals surface area contributed by atoms with Crippen LogP contribution in [0.2, 0.25) is 0 Å². The fraction of sp³-hybridized carbons (Fsp3) is 0.160. The number of hydrogen-bond donors (Lipinski definition) is 4. The van der Waals surface area contributed by atoms with Crippen LogP contribution in [0.25, 0.3) is 64.1 Å². The summed E-state index contributed by atoms with van der Waals surface area (Å²) in [6.07, 6.45) is 8.85. The SMILES string of the molecule is Nc1ccccc1Cn1cnc(-c2ccccc2)c1-c1cc2c(N)ncnc2s1.Nc1ncnc2sc(-c3c(-c4ccccc4)ncn3Cc3ccccc3N3CCC(CO)CC3)cc12. The Morgan fingerprint density at radius 2 is 1.03 bits per heavy atom. The van der Waals surface area contributed by atoms with Crippen molar-refractivity contribution in [1.29, 1.82) is 0 Å². The molecule has 13 nitrogen and oxygen atoms in total. The summed E-state index contributed by atoms with van der Waals surface area (Å²) < 4.78 is 4.36. The number of nitrogens with two attached hydrogens (primary N) is 3. The largest absolute Gasteiger partial charge is 0.398 e. The molecule has 0 bridgehead atoms. The molecule has 11 rings (SSSR count). The average Bonchev–Trinajstić information content (AvgIpc) is 4.17. The second-order valence-corrected chi connectivity index (χ2v) is 18.1. The molecule has 1 fully saturated rings. The van der Waals surface area contributed by atoms with E-state index in [0.29, 0.717) is 30.6 Å². The van der Waals surface area contributed by atoms with Gasteiger partial charge in [-0.05, 0) is 54.2 Å². The first kappa shape index (κ1) is 41.5. The highest BCUT2D eigenvalue weighted by atomic mass is 32.1. The van der Waals surface area contributed by atoms with Crippen molar-refractivity contribution in [3.8, 4) is 43.7 Å². The van der Waals surface area contributed by atoms with Crippen molar-refractivity contribution in [2.75, 3.05) is 41.8 Å². The molecule has 4 aromatic carbocycles. The van der Waals surface area contributed by atoms with E-state index < -0.39 is 0 Å². The minimum Gasteiger partial charge on any atom is -0.398 e. The van der Waals surface area contributed by atoms with Gasteiger partial charge in [-0.25, -0.2) is 29.9 Å². The number of nitrogen functional groups attached to an aromatic ring is 3. The summed E-state index contributed by atoms with van der Waals surface area (Å²) in [6.45, 7) is 3.52. The van der Waals surface area contributed by atoms with Crippen molar-refractivity contribution < 1.29 is 5.11 Å². The molecule has 0 radical (unpaired) electrons. The maximum absolute atomic E-state index is 9.56. The molecule has 7 N–H and O–H groups in total. The summed E-state index contributed by atoms with van der Waals surface area (Å²) in [5.41, 5.74) is 28.8. The van der Waals surface area contributed by atoms with E-state index in [4.69, 9.17) is 27.2 Å². The van der Waals surface area contributed by atoms with E-state index in [1.54, 1.807) is 22.7 Å². The van der Waals surface area contributed by atoms with Crippen molar-refractivity contribution >= 4 is 66.1 Å². The van der Waals surface area contributed by atoms with E-state index >= 15 is 0 Å². The molecular weight excluding hydrogens is 849 g/mol. The van der Waals surface area contributed by atoms with Crippen LogP contribution < -0.4 is 22.1 Å². The minimum atomic E-state index is 0.278. The van der Waals surface area contributed by atoms with Crippen LogP contribution in [0.1, 0.15) is 24.0 Å². The summed E-state index contributed by atoms with van der Waals surface area (Å²) in [5, 5.41) is 11.3. The number of hydrogen-bond acceptors (Lipinski definition) is 13. The predicted octanol–water partition coefficient (Wildman–Crippen LogP) is 9.50. The number of aromatic nitrogens is 8. The van der Waals surface area contributed by atoms with Crippen LogP contribution >= 0.6 is 22.7 Å². The molecule has 65 heavy (non-hydrogen) atoms. The van der Waals surface area contributed by atoms with E-state index in [1.807, 2.05) is 79.4 Å². The molecule has 0 saturated carbocycles. The minimum absolute atomic E-state index is 0.278. The summed E-state index contributed by atoms with van der Waals surface area (Å²) in [6, 6.07) is 41.1. The molecular formula is C50H46N12OS2. The molecule has 0 atom stereocenters. The highest BCUT2D eigenvalue weighted by Crippen LogP contribution is 2.41. The van der Waals surface area contributed by atoms with Gasteiger partial charge >= 0.3 is 0 Å². The van der Waals surface area contributed by atoms with Crippen LogP contribution in [-0.2, 0) is 13.1 Å². The number of imidazole rings is 2. The summed E-state index contributed by atoms with van der Waals surface area (Å²) in [5.74, 6) is 1.38. The Morgan fingerprint density at radius 3 is 1.54 bits per heavy atom. The van der Waals surface area contributed by atoms with Crippen LogP contribution in [0, 0.1) is 5.92 Å². The van der Waals surface area contributed by atoms with Crippen LogP contribution in [0.5, 0.6) is 0 Å². The lowest BCUT2D eigenvalue weighted by Gasteiger charge is -2.34. The van der Waals surface area contributed by atoms with Gasteiger partial charge in [0.25, 0.3) is 0 Å². The zero-order valence-electron chi connectivity index (χ0n) is 35.4. The van der Waals surface area contributed by atoms with Crippen LogP contribution in [0.3, 0.4) is 0 Å². The zero-order valence-corrected chi connectivity index (χ0v) is 37.0. The van der Waals surface area contributed by atoms with E-state index in [2.05, 4.69) is 88.6 Å². The van der Waals surface area contributed by atoms with Gasteiger partial charge < -0.3 is 36.3 Å². The molecule has 7 heterocycles. The number of nitrogens with zero attached hydrogens (tertiary/aromatic N) is 9. The van der Waals surface area contributed by atoms with E-state index in [0.717, 1.165) is 101 Å². The third kappa shape index (κ3) is 8.52. The van der Waals surface area contributed by atoms with Crippen molar-refractivity contribution in [3.05, 3.63) is 158 Å². The van der Waals surface area contributed by atoms with Crippen LogP contribution in [-0.4, -0.2) is 63.8 Å². The van der Waals surface area contributed by atoms with Gasteiger partial charge in [0.15, 0.2) is 0 Å². The molecule has 6 aromatic heterocycles. The van der Waals surface area contributed by atoms with Gasteiger partial charge in [0.2, 0.25) is 0 Å². The highest BCUT2D eigenvalue weighted by molar-refractivity contribution is 7.22. The van der Waals surface area contributed by atoms with Gasteiger partial charge in [-0.2, -0.15) is 0 Å². The fourth-order valence-electron chi connectivity index (χ4n) is 8.47. The van der Waals surface area contributed by atoms with E-state index in [9.17, 15) is 5.11 Å². The van der Waals surface area contributed by atoms with Crippen molar-refractivity contribution in [2.45, 2.75) is 25.9 Å². The molecule has 10 aromatic rings. The third-order valence-electron chi connectivity index (χ3n) is 11.9. The van der Waals surface area contributed by atoms with Crippen LogP contribution in [0.4, 0.5) is 23.0 Å². The number of para-hydroxylation sites is 2. The van der Waals surface area contributed by atoms with Crippen molar-refractivity contribution in [1.82, 2.24) is 39.0 Å². The maximum atomic E-state index is 9.56. The molecule has 0 spiro atoms. The van der Waals surface area contributed by atoms with Gasteiger partial charge in [0.05, 0.1) is 69.0 Å². The lowest BCUT2D eigenvalue weighted by Crippen LogP contribution is -2.35. The quantitative estimate of drug-likeness (QED) is 0.0958. The number of aliphatic hydroxyl groups excluding tert-OH is 1. The maximum Gasteiger partial charge on any atom is 0.135 e. The van der Waals surface area contributed by atoms with Gasteiger partial charge in [-0.3, -0.25) is 0 Å². The molecule has 15 heteroatoms. The van der Waals surface area contributed by atoms with E-state index in [-0.39, 0.29) is 6.61 Å². The zero-order chi connectivity index (χ0) is 44.3. The van der Waals surface area contributed by atoms with Gasteiger partial charge in [0, 0.05) is 42.2 Å². The lowest BCUT2D eigenvalue weighted by molar-refractivity contribution is 0.203. The number of rotatable bonds is 10. The second-order valence-electron chi connectivity index (χ2n) is 16.0. The Labute approximate surface area is 383 Å². The fourth-order valence-corrected chi connectivity index (χ4v) is 10.6. The first-order chi connectivity index (χ1) is 31.9.